The number of nitrogens with one attached hydrogen (secondary N) is 2. The number of aromatic nitrogens is 1. The summed E-state index contributed by atoms with van der Waals surface area (Å²) in [6, 6.07) is 10.2. The lowest BCUT2D eigenvalue weighted by Gasteiger charge is -2.44. The zero-order valence-corrected chi connectivity index (χ0v) is 21.7. The van der Waals surface area contributed by atoms with E-state index in [1.807, 2.05) is 24.4 Å². The Morgan fingerprint density at radius 3 is 2.90 bits per heavy atom. The van der Waals surface area contributed by atoms with Gasteiger partial charge in [-0.1, -0.05) is 6.07 Å². The van der Waals surface area contributed by atoms with Gasteiger partial charge in [0, 0.05) is 68.7 Å². The van der Waals surface area contributed by atoms with Crippen molar-refractivity contribution in [2.75, 3.05) is 19.7 Å². The molecule has 2 fully saturated rings. The van der Waals surface area contributed by atoms with E-state index in [0.29, 0.717) is 24.3 Å². The first-order valence-corrected chi connectivity index (χ1v) is 13.6. The lowest BCUT2D eigenvalue weighted by Crippen LogP contribution is -2.50. The number of amides is 1. The Morgan fingerprint density at radius 1 is 1.21 bits per heavy atom. The molecular weight excluding hydrogens is 501 g/mol. The van der Waals surface area contributed by atoms with Gasteiger partial charge in [-0.25, -0.2) is 14.7 Å². The Morgan fingerprint density at radius 2 is 2.08 bits per heavy atom. The Balaban J connectivity index is 1.05. The van der Waals surface area contributed by atoms with Gasteiger partial charge in [0.1, 0.15) is 17.2 Å². The number of hydrogen-bond donors (Lipinski definition) is 2. The van der Waals surface area contributed by atoms with Crippen LogP contribution in [0.5, 0.6) is 5.75 Å². The number of rotatable bonds is 6. The van der Waals surface area contributed by atoms with Crippen LogP contribution in [0.3, 0.4) is 0 Å². The number of benzene rings is 2. The maximum absolute atomic E-state index is 13.5. The van der Waals surface area contributed by atoms with Gasteiger partial charge >= 0.3 is 0 Å². The van der Waals surface area contributed by atoms with Crippen LogP contribution in [0.1, 0.15) is 60.0 Å². The van der Waals surface area contributed by atoms with Crippen molar-refractivity contribution in [1.29, 1.82) is 0 Å². The fourth-order valence-corrected chi connectivity index (χ4v) is 5.68. The summed E-state index contributed by atoms with van der Waals surface area (Å²) in [5.74, 6) is 0.00686. The monoisotopic (exact) mass is 533 g/mol. The fraction of sp³-hybridized carbons (Fsp3) is 0.400. The molecular formula is C30H32FN3O5. The predicted octanol–water partition coefficient (Wildman–Crippen LogP) is 4.89. The third kappa shape index (κ3) is 5.75. The second kappa shape index (κ2) is 10.9. The molecule has 3 aliphatic heterocycles. The molecule has 4 heterocycles. The van der Waals surface area contributed by atoms with Crippen LogP contribution in [0.15, 0.2) is 48.7 Å². The van der Waals surface area contributed by atoms with Crippen molar-refractivity contribution in [1.82, 2.24) is 15.4 Å². The van der Waals surface area contributed by atoms with Crippen LogP contribution in [0.4, 0.5) is 4.39 Å². The number of Topliss-reactive ketones (excluding diaryl/α,β-unsaturated/α-hetero) is 1. The van der Waals surface area contributed by atoms with Crippen molar-refractivity contribution < 1.29 is 28.3 Å². The second-order valence-electron chi connectivity index (χ2n) is 10.6. The standard InChI is InChI=1S/C30H32FN3O5/c31-22-6-7-23-21(18-32-25(23)16-22)19-34-12-10-30(11-13-34)17-26(35)24-15-20(4-8-27(24)38-30)5-9-28(36)33-39-29-3-1-2-14-37-29/h4-9,15-16,18,29,32H,1-3,10-14,17,19H2,(H,33,36). The SMILES string of the molecule is O=C(C=Cc1ccc2c(c1)C(=O)CC1(CCN(Cc3c[nH]c4cc(F)ccc34)CC1)O2)NOC1CCCCO1. The van der Waals surface area contributed by atoms with E-state index in [-0.39, 0.29) is 11.6 Å². The number of fused-ring (bicyclic) bond motifs is 2. The summed E-state index contributed by atoms with van der Waals surface area (Å²) in [5.41, 5.74) is 5.11. The maximum atomic E-state index is 13.5. The number of halogens is 1. The van der Waals surface area contributed by atoms with E-state index in [9.17, 15) is 14.0 Å². The van der Waals surface area contributed by atoms with Gasteiger partial charge in [0.05, 0.1) is 12.0 Å². The molecule has 2 N–H and O–H groups in total. The smallest absolute Gasteiger partial charge is 0.267 e. The average molecular weight is 534 g/mol. The van der Waals surface area contributed by atoms with Crippen LogP contribution in [0.25, 0.3) is 17.0 Å². The molecule has 2 saturated heterocycles. The molecule has 1 aromatic heterocycles. The molecule has 0 radical (unpaired) electrons. The number of nitrogens with zero attached hydrogens (tertiary/aromatic N) is 1. The zero-order valence-electron chi connectivity index (χ0n) is 21.7. The van der Waals surface area contributed by atoms with Crippen molar-refractivity contribution >= 4 is 28.7 Å². The van der Waals surface area contributed by atoms with Crippen LogP contribution in [0.2, 0.25) is 0 Å². The van der Waals surface area contributed by atoms with Gasteiger partial charge in [0.25, 0.3) is 5.91 Å². The first-order valence-electron chi connectivity index (χ1n) is 13.6. The van der Waals surface area contributed by atoms with Gasteiger partial charge < -0.3 is 14.5 Å². The molecule has 1 amide bonds. The third-order valence-electron chi connectivity index (χ3n) is 7.86. The van der Waals surface area contributed by atoms with Gasteiger partial charge in [0.2, 0.25) is 0 Å². The highest BCUT2D eigenvalue weighted by Gasteiger charge is 2.43. The molecule has 1 unspecified atom stereocenters. The van der Waals surface area contributed by atoms with Crippen molar-refractivity contribution in [3.8, 4) is 5.75 Å². The third-order valence-corrected chi connectivity index (χ3v) is 7.86. The number of hydroxylamine groups is 1. The minimum absolute atomic E-state index is 0.0563. The topological polar surface area (TPSA) is 92.9 Å². The lowest BCUT2D eigenvalue weighted by molar-refractivity contribution is -0.198. The number of piperidine rings is 1. The van der Waals surface area contributed by atoms with Gasteiger partial charge in [-0.3, -0.25) is 14.5 Å². The molecule has 204 valence electrons. The molecule has 1 atom stereocenters. The zero-order chi connectivity index (χ0) is 26.8. The minimum Gasteiger partial charge on any atom is -0.486 e. The highest BCUT2D eigenvalue weighted by molar-refractivity contribution is 6.01. The van der Waals surface area contributed by atoms with Crippen LogP contribution in [-0.2, 0) is 20.9 Å². The number of ether oxygens (including phenoxy) is 2. The summed E-state index contributed by atoms with van der Waals surface area (Å²) in [6.45, 7) is 3.00. The van der Waals surface area contributed by atoms with Gasteiger partial charge in [0.15, 0.2) is 12.1 Å². The molecule has 3 aromatic rings. The summed E-state index contributed by atoms with van der Waals surface area (Å²) < 4.78 is 25.4. The molecule has 2 aromatic carbocycles. The van der Waals surface area contributed by atoms with E-state index in [1.54, 1.807) is 12.1 Å². The number of ketones is 1. The molecule has 0 bridgehead atoms. The summed E-state index contributed by atoms with van der Waals surface area (Å²) in [6.07, 6.45) is 9.16. The van der Waals surface area contributed by atoms with Gasteiger partial charge in [-0.15, -0.1) is 0 Å². The van der Waals surface area contributed by atoms with E-state index in [2.05, 4.69) is 15.4 Å². The second-order valence-corrected chi connectivity index (χ2v) is 10.6. The molecule has 1 spiro atoms. The number of carbonyl (C=O) groups is 2. The van der Waals surface area contributed by atoms with Crippen LogP contribution >= 0.6 is 0 Å². The molecule has 8 nitrogen and oxygen atoms in total. The van der Waals surface area contributed by atoms with Crippen molar-refractivity contribution in [3.05, 3.63) is 71.2 Å². The van der Waals surface area contributed by atoms with Crippen molar-refractivity contribution in [3.63, 3.8) is 0 Å². The first kappa shape index (κ1) is 25.7. The van der Waals surface area contributed by atoms with Crippen molar-refractivity contribution in [2.24, 2.45) is 0 Å². The summed E-state index contributed by atoms with van der Waals surface area (Å²) in [5, 5.41) is 1.03. The minimum atomic E-state index is -0.500. The van der Waals surface area contributed by atoms with Crippen LogP contribution in [0, 0.1) is 5.82 Å². The average Bonchev–Trinajstić information content (AvgIpc) is 3.34. The number of H-pyrrole nitrogens is 1. The van der Waals surface area contributed by atoms with E-state index in [0.717, 1.165) is 73.8 Å². The van der Waals surface area contributed by atoms with E-state index < -0.39 is 17.8 Å². The largest absolute Gasteiger partial charge is 0.486 e. The number of aromatic amines is 1. The van der Waals surface area contributed by atoms with E-state index >= 15 is 0 Å². The highest BCUT2D eigenvalue weighted by Crippen LogP contribution is 2.40. The summed E-state index contributed by atoms with van der Waals surface area (Å²) in [4.78, 5) is 36.1. The van der Waals surface area contributed by atoms with E-state index in [4.69, 9.17) is 14.3 Å². The highest BCUT2D eigenvalue weighted by atomic mass is 19.1. The molecule has 3 aliphatic rings. The van der Waals surface area contributed by atoms with Gasteiger partial charge in [-0.2, -0.15) is 0 Å². The van der Waals surface area contributed by atoms with Crippen molar-refractivity contribution in [2.45, 2.75) is 57.0 Å². The van der Waals surface area contributed by atoms with Crippen LogP contribution in [-0.4, -0.2) is 53.2 Å². The first-order chi connectivity index (χ1) is 19.0. The van der Waals surface area contributed by atoms with Gasteiger partial charge in [-0.05, 0) is 60.4 Å². The molecule has 0 saturated carbocycles. The number of carbonyl (C=O) groups excluding carboxylic acids is 2. The Bertz CT molecular complexity index is 1400. The quantitative estimate of drug-likeness (QED) is 0.346. The lowest BCUT2D eigenvalue weighted by atomic mass is 9.82. The molecule has 39 heavy (non-hydrogen) atoms. The molecule has 6 rings (SSSR count). The Labute approximate surface area is 226 Å². The number of hydrogen-bond acceptors (Lipinski definition) is 6. The Kier molecular flexibility index (Phi) is 7.20. The normalized spacial score (nSPS) is 21.3. The maximum Gasteiger partial charge on any atom is 0.267 e. The number of likely N-dealkylation sites (tertiary alicyclic amines) is 1. The Hall–Kier alpha value is -3.53. The summed E-state index contributed by atoms with van der Waals surface area (Å²) in [7, 11) is 0. The summed E-state index contributed by atoms with van der Waals surface area (Å²) >= 11 is 0. The molecule has 9 heteroatoms. The van der Waals surface area contributed by atoms with E-state index in [1.165, 1.54) is 18.2 Å². The molecule has 0 aliphatic carbocycles. The fourth-order valence-electron chi connectivity index (χ4n) is 5.68. The predicted molar refractivity (Wildman–Crippen MR) is 143 cm³/mol. The van der Waals surface area contributed by atoms with Crippen LogP contribution < -0.4 is 10.2 Å².